The molecule has 200 valence electrons. The third-order valence-corrected chi connectivity index (χ3v) is 7.70. The molecule has 2 heterocycles. The van der Waals surface area contributed by atoms with Crippen molar-refractivity contribution in [2.24, 2.45) is 0 Å². The lowest BCUT2D eigenvalue weighted by molar-refractivity contribution is 0.00592. The van der Waals surface area contributed by atoms with Crippen LogP contribution in [0.1, 0.15) is 35.1 Å². The van der Waals surface area contributed by atoms with Crippen LogP contribution in [0.15, 0.2) is 84.9 Å². The Morgan fingerprint density at radius 1 is 0.846 bits per heavy atom. The highest BCUT2D eigenvalue weighted by atomic mass is 16.5. The highest BCUT2D eigenvalue weighted by molar-refractivity contribution is 5.72. The maximum absolute atomic E-state index is 6.30. The molecular weight excluding hydrogens is 486 g/mol. The summed E-state index contributed by atoms with van der Waals surface area (Å²) in [6.45, 7) is 6.82. The molecule has 1 saturated carbocycles. The van der Waals surface area contributed by atoms with Crippen LogP contribution < -0.4 is 9.64 Å². The molecule has 0 amide bonds. The van der Waals surface area contributed by atoms with Gasteiger partial charge in [-0.2, -0.15) is 0 Å². The summed E-state index contributed by atoms with van der Waals surface area (Å²) in [4.78, 5) is 2.35. The number of benzene rings is 3. The van der Waals surface area contributed by atoms with Crippen LogP contribution in [0.25, 0.3) is 11.3 Å². The minimum absolute atomic E-state index is 0.151. The van der Waals surface area contributed by atoms with Crippen LogP contribution in [0.4, 0.5) is 5.82 Å². The molecule has 6 heteroatoms. The smallest absolute Gasteiger partial charge is 0.151 e. The number of morpholine rings is 1. The van der Waals surface area contributed by atoms with Gasteiger partial charge in [-0.05, 0) is 60.7 Å². The summed E-state index contributed by atoms with van der Waals surface area (Å²) in [5, 5.41) is 9.40. The minimum Gasteiger partial charge on any atom is -0.488 e. The Balaban J connectivity index is 1.17. The number of nitrogens with zero attached hydrogens (tertiary/aromatic N) is 3. The number of ether oxygens (including phenoxy) is 3. The third-order valence-electron chi connectivity index (χ3n) is 7.70. The van der Waals surface area contributed by atoms with E-state index in [9.17, 15) is 0 Å². The van der Waals surface area contributed by atoms with Crippen LogP contribution in [-0.2, 0) is 22.7 Å². The number of hydrogen-bond acceptors (Lipinski definition) is 6. The van der Waals surface area contributed by atoms with Crippen LogP contribution in [0.5, 0.6) is 5.75 Å². The van der Waals surface area contributed by atoms with Crippen LogP contribution in [-0.4, -0.2) is 41.6 Å². The fourth-order valence-corrected chi connectivity index (χ4v) is 5.84. The Bertz CT molecular complexity index is 1380. The summed E-state index contributed by atoms with van der Waals surface area (Å²) in [7, 11) is 0. The zero-order valence-corrected chi connectivity index (χ0v) is 22.6. The van der Waals surface area contributed by atoms with Gasteiger partial charge in [-0.15, -0.1) is 10.2 Å². The highest BCUT2D eigenvalue weighted by Crippen LogP contribution is 2.37. The first-order valence-electron chi connectivity index (χ1n) is 13.8. The number of aryl methyl sites for hydroxylation is 2. The van der Waals surface area contributed by atoms with Crippen LogP contribution in [0.2, 0.25) is 0 Å². The van der Waals surface area contributed by atoms with Crippen LogP contribution in [0.3, 0.4) is 0 Å². The normalized spacial score (nSPS) is 20.6. The second-order valence-corrected chi connectivity index (χ2v) is 10.6. The minimum atomic E-state index is 0.151. The lowest BCUT2D eigenvalue weighted by Gasteiger charge is -2.38. The van der Waals surface area contributed by atoms with Gasteiger partial charge in [0, 0.05) is 18.5 Å². The van der Waals surface area contributed by atoms with Gasteiger partial charge in [-0.1, -0.05) is 66.7 Å². The van der Waals surface area contributed by atoms with E-state index in [2.05, 4.69) is 79.4 Å². The summed E-state index contributed by atoms with van der Waals surface area (Å²) in [5.41, 5.74) is 6.43. The fraction of sp³-hybridized carbons (Fsp3) is 0.333. The Morgan fingerprint density at radius 3 is 2.31 bits per heavy atom. The summed E-state index contributed by atoms with van der Waals surface area (Å²) in [5.74, 6) is 1.72. The molecule has 0 bridgehead atoms. The maximum atomic E-state index is 6.30. The second-order valence-electron chi connectivity index (χ2n) is 10.6. The predicted molar refractivity (Wildman–Crippen MR) is 153 cm³/mol. The summed E-state index contributed by atoms with van der Waals surface area (Å²) < 4.78 is 18.7. The van der Waals surface area contributed by atoms with E-state index in [1.165, 1.54) is 5.56 Å². The first kappa shape index (κ1) is 25.5. The van der Waals surface area contributed by atoms with Crippen molar-refractivity contribution in [3.05, 3.63) is 107 Å². The SMILES string of the molecule is Cc1cc(C)c(-c2ccc(N3CCO[C@@H]4C[C@@H](OCc5ccccc5)C[C@@H]43)nn2)c(OCc2ccccc2)c1. The zero-order chi connectivity index (χ0) is 26.6. The van der Waals surface area contributed by atoms with Gasteiger partial charge in [0.1, 0.15) is 12.4 Å². The lowest BCUT2D eigenvalue weighted by atomic mass is 10.0. The van der Waals surface area contributed by atoms with Crippen LogP contribution >= 0.6 is 0 Å². The Hall–Kier alpha value is -3.74. The zero-order valence-electron chi connectivity index (χ0n) is 22.6. The first-order chi connectivity index (χ1) is 19.1. The van der Waals surface area contributed by atoms with Gasteiger partial charge < -0.3 is 19.1 Å². The molecule has 1 aliphatic heterocycles. The van der Waals surface area contributed by atoms with E-state index in [0.717, 1.165) is 58.9 Å². The number of aromatic nitrogens is 2. The average Bonchev–Trinajstić information content (AvgIpc) is 3.39. The summed E-state index contributed by atoms with van der Waals surface area (Å²) >= 11 is 0. The van der Waals surface area contributed by atoms with Gasteiger partial charge in [0.2, 0.25) is 0 Å². The monoisotopic (exact) mass is 521 g/mol. The molecule has 1 aliphatic carbocycles. The standard InChI is InChI=1S/C33H35N3O3/c1-23-17-24(2)33(31(18-23)39-22-26-11-7-4-8-12-26)28-13-14-32(35-34-28)36-15-16-37-30-20-27(19-29(30)36)38-21-25-9-5-3-6-10-25/h3-14,17-18,27,29-30H,15-16,19-22H2,1-2H3/t27-,29-,30+/m0/s1. The maximum Gasteiger partial charge on any atom is 0.151 e. The van der Waals surface area contributed by atoms with E-state index in [4.69, 9.17) is 24.4 Å². The largest absolute Gasteiger partial charge is 0.488 e. The Kier molecular flexibility index (Phi) is 7.57. The molecule has 4 aromatic rings. The molecule has 1 aromatic heterocycles. The van der Waals surface area contributed by atoms with Crippen molar-refractivity contribution < 1.29 is 14.2 Å². The first-order valence-corrected chi connectivity index (χ1v) is 13.8. The topological polar surface area (TPSA) is 56.7 Å². The van der Waals surface area contributed by atoms with Crippen molar-refractivity contribution in [2.75, 3.05) is 18.1 Å². The van der Waals surface area contributed by atoms with E-state index < -0.39 is 0 Å². The molecule has 0 spiro atoms. The molecule has 2 fully saturated rings. The molecule has 39 heavy (non-hydrogen) atoms. The Morgan fingerprint density at radius 2 is 1.59 bits per heavy atom. The molecule has 0 radical (unpaired) electrons. The van der Waals surface area contributed by atoms with E-state index in [1.54, 1.807) is 0 Å². The molecule has 6 nitrogen and oxygen atoms in total. The number of hydrogen-bond donors (Lipinski definition) is 0. The van der Waals surface area contributed by atoms with E-state index in [-0.39, 0.29) is 18.2 Å². The lowest BCUT2D eigenvalue weighted by Crippen LogP contribution is -2.49. The van der Waals surface area contributed by atoms with Gasteiger partial charge in [0.25, 0.3) is 0 Å². The van der Waals surface area contributed by atoms with Gasteiger partial charge in [0.15, 0.2) is 5.82 Å². The van der Waals surface area contributed by atoms with E-state index >= 15 is 0 Å². The quantitative estimate of drug-likeness (QED) is 0.272. The molecule has 0 unspecified atom stereocenters. The van der Waals surface area contributed by atoms with Crippen molar-refractivity contribution in [2.45, 2.75) is 58.2 Å². The summed E-state index contributed by atoms with van der Waals surface area (Å²) in [6.07, 6.45) is 2.16. The number of fused-ring (bicyclic) bond motifs is 1. The number of anilines is 1. The van der Waals surface area contributed by atoms with Gasteiger partial charge in [-0.3, -0.25) is 0 Å². The van der Waals surface area contributed by atoms with E-state index in [0.29, 0.717) is 19.8 Å². The number of rotatable bonds is 8. The molecule has 3 atom stereocenters. The highest BCUT2D eigenvalue weighted by Gasteiger charge is 2.42. The molecule has 3 aromatic carbocycles. The molecule has 2 aliphatic rings. The van der Waals surface area contributed by atoms with Crippen molar-refractivity contribution in [3.8, 4) is 17.0 Å². The fourth-order valence-electron chi connectivity index (χ4n) is 5.84. The van der Waals surface area contributed by atoms with Gasteiger partial charge in [-0.25, -0.2) is 0 Å². The molecule has 6 rings (SSSR count). The van der Waals surface area contributed by atoms with Crippen molar-refractivity contribution in [3.63, 3.8) is 0 Å². The molecule has 1 saturated heterocycles. The van der Waals surface area contributed by atoms with E-state index in [1.807, 2.05) is 24.3 Å². The van der Waals surface area contributed by atoms with Crippen molar-refractivity contribution in [1.29, 1.82) is 0 Å². The second kappa shape index (κ2) is 11.6. The molecular formula is C33H35N3O3. The predicted octanol–water partition coefficient (Wildman–Crippen LogP) is 6.29. The Labute approximate surface area is 230 Å². The average molecular weight is 522 g/mol. The van der Waals surface area contributed by atoms with Gasteiger partial charge >= 0.3 is 0 Å². The van der Waals surface area contributed by atoms with Crippen molar-refractivity contribution in [1.82, 2.24) is 10.2 Å². The van der Waals surface area contributed by atoms with Crippen LogP contribution in [0, 0.1) is 13.8 Å². The summed E-state index contributed by atoms with van der Waals surface area (Å²) in [6, 6.07) is 29.2. The third kappa shape index (κ3) is 5.82. The van der Waals surface area contributed by atoms with Gasteiger partial charge in [0.05, 0.1) is 37.2 Å². The molecule has 0 N–H and O–H groups in total. The van der Waals surface area contributed by atoms with Crippen molar-refractivity contribution >= 4 is 5.82 Å².